The number of amides is 1. The van der Waals surface area contributed by atoms with Crippen LogP contribution in [0.1, 0.15) is 12.8 Å². The van der Waals surface area contributed by atoms with Crippen LogP contribution >= 0.6 is 0 Å². The summed E-state index contributed by atoms with van der Waals surface area (Å²) in [4.78, 5) is 23.2. The number of para-hydroxylation sites is 1. The number of ether oxygens (including phenoxy) is 1. The average molecular weight is 288 g/mol. The van der Waals surface area contributed by atoms with Crippen molar-refractivity contribution in [1.29, 1.82) is 0 Å². The molecule has 2 heterocycles. The highest BCUT2D eigenvalue weighted by Gasteiger charge is 2.30. The van der Waals surface area contributed by atoms with Gasteiger partial charge in [0.05, 0.1) is 24.4 Å². The molecule has 7 heteroatoms. The first kappa shape index (κ1) is 13.7. The van der Waals surface area contributed by atoms with E-state index in [0.717, 1.165) is 11.9 Å². The molecule has 0 bridgehead atoms. The van der Waals surface area contributed by atoms with E-state index in [9.17, 15) is 9.59 Å². The predicted octanol–water partition coefficient (Wildman–Crippen LogP) is -0.0660. The zero-order valence-electron chi connectivity index (χ0n) is 11.4. The van der Waals surface area contributed by atoms with E-state index in [1.807, 2.05) is 18.2 Å². The molecule has 1 fully saturated rings. The Morgan fingerprint density at radius 2 is 2.24 bits per heavy atom. The summed E-state index contributed by atoms with van der Waals surface area (Å²) in [5.74, 6) is 4.80. The van der Waals surface area contributed by atoms with Crippen molar-refractivity contribution in [3.05, 3.63) is 40.7 Å². The van der Waals surface area contributed by atoms with Gasteiger partial charge < -0.3 is 4.74 Å². The summed E-state index contributed by atoms with van der Waals surface area (Å²) in [6.45, 7) is 0.495. The summed E-state index contributed by atoms with van der Waals surface area (Å²) in [6, 6.07) is 7.31. The molecular formula is C14H16N4O3. The van der Waals surface area contributed by atoms with Crippen molar-refractivity contribution in [3.63, 3.8) is 0 Å². The maximum atomic E-state index is 11.8. The zero-order valence-corrected chi connectivity index (χ0v) is 11.4. The van der Waals surface area contributed by atoms with Crippen molar-refractivity contribution in [2.75, 3.05) is 0 Å². The van der Waals surface area contributed by atoms with E-state index in [1.54, 1.807) is 10.7 Å². The Hall–Kier alpha value is -2.25. The molecule has 3 N–H and O–H groups in total. The van der Waals surface area contributed by atoms with E-state index >= 15 is 0 Å². The highest BCUT2D eigenvalue weighted by atomic mass is 16.5. The van der Waals surface area contributed by atoms with Crippen LogP contribution in [0, 0.1) is 0 Å². The molecule has 2 aromatic rings. The lowest BCUT2D eigenvalue weighted by atomic mass is 10.2. The SMILES string of the molecule is NNC(=O)C1CCC(Cn2ncc(=O)c3ccccc32)O1. The van der Waals surface area contributed by atoms with E-state index in [2.05, 4.69) is 10.5 Å². The first-order valence-electron chi connectivity index (χ1n) is 6.80. The van der Waals surface area contributed by atoms with E-state index < -0.39 is 6.10 Å². The molecule has 110 valence electrons. The molecule has 3 rings (SSSR count). The lowest BCUT2D eigenvalue weighted by molar-refractivity contribution is -0.132. The van der Waals surface area contributed by atoms with Crippen molar-refractivity contribution in [2.24, 2.45) is 5.84 Å². The standard InChI is InChI=1S/C14H16N4O3/c15-17-14(20)13-6-5-9(21-13)8-18-11-4-2-1-3-10(11)12(19)7-16-18/h1-4,7,9,13H,5-6,8,15H2,(H,17,20). The number of aromatic nitrogens is 2. The van der Waals surface area contributed by atoms with E-state index in [1.165, 1.54) is 6.20 Å². The van der Waals surface area contributed by atoms with Crippen LogP contribution in [-0.2, 0) is 16.1 Å². The van der Waals surface area contributed by atoms with Crippen LogP contribution in [0.4, 0.5) is 0 Å². The molecule has 0 spiro atoms. The summed E-state index contributed by atoms with van der Waals surface area (Å²) < 4.78 is 7.41. The van der Waals surface area contributed by atoms with Gasteiger partial charge in [0.1, 0.15) is 6.10 Å². The number of fused-ring (bicyclic) bond motifs is 1. The first-order valence-corrected chi connectivity index (χ1v) is 6.80. The Kier molecular flexibility index (Phi) is 3.68. The molecule has 0 radical (unpaired) electrons. The highest BCUT2D eigenvalue weighted by molar-refractivity contribution is 5.80. The number of nitrogens with one attached hydrogen (secondary N) is 1. The molecule has 0 saturated carbocycles. The number of rotatable bonds is 3. The van der Waals surface area contributed by atoms with Crippen LogP contribution in [0.25, 0.3) is 10.9 Å². The van der Waals surface area contributed by atoms with Crippen LogP contribution in [0.15, 0.2) is 35.3 Å². The predicted molar refractivity (Wildman–Crippen MR) is 76.2 cm³/mol. The molecule has 2 unspecified atom stereocenters. The Labute approximate surface area is 120 Å². The van der Waals surface area contributed by atoms with Crippen molar-refractivity contribution < 1.29 is 9.53 Å². The van der Waals surface area contributed by atoms with Gasteiger partial charge in [-0.25, -0.2) is 5.84 Å². The van der Waals surface area contributed by atoms with Crippen LogP contribution in [0.2, 0.25) is 0 Å². The minimum absolute atomic E-state index is 0.102. The topological polar surface area (TPSA) is 99.2 Å². The number of nitrogens with zero attached hydrogens (tertiary/aromatic N) is 2. The van der Waals surface area contributed by atoms with Gasteiger partial charge in [-0.3, -0.25) is 19.7 Å². The minimum Gasteiger partial charge on any atom is -0.363 e. The summed E-state index contributed by atoms with van der Waals surface area (Å²) in [7, 11) is 0. The van der Waals surface area contributed by atoms with Gasteiger partial charge in [-0.2, -0.15) is 5.10 Å². The molecule has 1 aromatic carbocycles. The second-order valence-electron chi connectivity index (χ2n) is 5.04. The smallest absolute Gasteiger partial charge is 0.263 e. The van der Waals surface area contributed by atoms with Gasteiger partial charge in [-0.1, -0.05) is 12.1 Å². The number of hydrogen-bond acceptors (Lipinski definition) is 5. The van der Waals surface area contributed by atoms with E-state index in [-0.39, 0.29) is 17.4 Å². The van der Waals surface area contributed by atoms with Gasteiger partial charge in [0, 0.05) is 5.39 Å². The normalized spacial score (nSPS) is 21.6. The second-order valence-corrected chi connectivity index (χ2v) is 5.04. The molecule has 1 aliphatic rings. The molecular weight excluding hydrogens is 272 g/mol. The molecule has 1 saturated heterocycles. The largest absolute Gasteiger partial charge is 0.363 e. The zero-order chi connectivity index (χ0) is 14.8. The molecule has 1 amide bonds. The number of hydrogen-bond donors (Lipinski definition) is 2. The monoisotopic (exact) mass is 288 g/mol. The van der Waals surface area contributed by atoms with E-state index in [4.69, 9.17) is 10.6 Å². The van der Waals surface area contributed by atoms with Crippen molar-refractivity contribution >= 4 is 16.8 Å². The lowest BCUT2D eigenvalue weighted by Crippen LogP contribution is -2.39. The fraction of sp³-hybridized carbons (Fsp3) is 0.357. The fourth-order valence-electron chi connectivity index (χ4n) is 2.63. The number of hydrazine groups is 1. The number of benzene rings is 1. The van der Waals surface area contributed by atoms with Gasteiger partial charge in [0.25, 0.3) is 5.91 Å². The average Bonchev–Trinajstić information content (AvgIpc) is 2.98. The maximum Gasteiger partial charge on any atom is 0.263 e. The molecule has 21 heavy (non-hydrogen) atoms. The Balaban J connectivity index is 1.82. The van der Waals surface area contributed by atoms with Crippen LogP contribution in [0.5, 0.6) is 0 Å². The third kappa shape index (κ3) is 2.65. The lowest BCUT2D eigenvalue weighted by Gasteiger charge is -2.15. The maximum absolute atomic E-state index is 11.8. The summed E-state index contributed by atoms with van der Waals surface area (Å²) in [5, 5.41) is 4.79. The third-order valence-corrected chi connectivity index (χ3v) is 3.68. The number of carbonyl (C=O) groups excluding carboxylic acids is 1. The quantitative estimate of drug-likeness (QED) is 0.468. The third-order valence-electron chi connectivity index (χ3n) is 3.68. The highest BCUT2D eigenvalue weighted by Crippen LogP contribution is 2.21. The Morgan fingerprint density at radius 1 is 1.43 bits per heavy atom. The van der Waals surface area contributed by atoms with Gasteiger partial charge in [0.2, 0.25) is 5.43 Å². The summed E-state index contributed by atoms with van der Waals surface area (Å²) >= 11 is 0. The molecule has 1 aliphatic heterocycles. The van der Waals surface area contributed by atoms with Gasteiger partial charge in [-0.05, 0) is 25.0 Å². The molecule has 7 nitrogen and oxygen atoms in total. The second kappa shape index (κ2) is 5.63. The fourth-order valence-corrected chi connectivity index (χ4v) is 2.63. The molecule has 0 aliphatic carbocycles. The molecule has 1 aromatic heterocycles. The minimum atomic E-state index is -0.509. The number of nitrogens with two attached hydrogens (primary N) is 1. The molecule has 2 atom stereocenters. The van der Waals surface area contributed by atoms with Gasteiger partial charge in [0.15, 0.2) is 0 Å². The van der Waals surface area contributed by atoms with Crippen molar-refractivity contribution in [1.82, 2.24) is 15.2 Å². The van der Waals surface area contributed by atoms with Gasteiger partial charge >= 0.3 is 0 Å². The Morgan fingerprint density at radius 3 is 3.05 bits per heavy atom. The summed E-state index contributed by atoms with van der Waals surface area (Å²) in [5.41, 5.74) is 2.76. The van der Waals surface area contributed by atoms with Crippen LogP contribution < -0.4 is 16.7 Å². The Bertz CT molecular complexity index is 727. The first-order chi connectivity index (χ1) is 10.2. The van der Waals surface area contributed by atoms with Crippen LogP contribution in [0.3, 0.4) is 0 Å². The van der Waals surface area contributed by atoms with Crippen LogP contribution in [-0.4, -0.2) is 27.9 Å². The van der Waals surface area contributed by atoms with E-state index in [0.29, 0.717) is 18.4 Å². The van der Waals surface area contributed by atoms with Gasteiger partial charge in [-0.15, -0.1) is 0 Å². The van der Waals surface area contributed by atoms with Crippen molar-refractivity contribution in [3.8, 4) is 0 Å². The number of carbonyl (C=O) groups is 1. The van der Waals surface area contributed by atoms with Crippen molar-refractivity contribution in [2.45, 2.75) is 31.6 Å². The summed E-state index contributed by atoms with van der Waals surface area (Å²) in [6.07, 6.45) is 2.06.